The molecule has 1 heterocycles. The molecule has 0 aromatic heterocycles. The van der Waals surface area contributed by atoms with Crippen molar-refractivity contribution < 1.29 is 19.8 Å². The zero-order valence-corrected chi connectivity index (χ0v) is 9.22. The predicted octanol–water partition coefficient (Wildman–Crippen LogP) is 0.865. The van der Waals surface area contributed by atoms with E-state index in [0.29, 0.717) is 12.1 Å². The van der Waals surface area contributed by atoms with Crippen molar-refractivity contribution in [3.8, 4) is 5.75 Å². The van der Waals surface area contributed by atoms with E-state index >= 15 is 0 Å². The van der Waals surface area contributed by atoms with Gasteiger partial charge >= 0.3 is 5.97 Å². The fraction of sp³-hybridized carbons (Fsp3) is 0.333. The summed E-state index contributed by atoms with van der Waals surface area (Å²) in [4.78, 5) is 24.0. The van der Waals surface area contributed by atoms with Gasteiger partial charge in [0.25, 0.3) is 5.91 Å². The van der Waals surface area contributed by atoms with Crippen molar-refractivity contribution in [2.45, 2.75) is 12.8 Å². The van der Waals surface area contributed by atoms with Crippen molar-refractivity contribution in [1.29, 1.82) is 0 Å². The topological polar surface area (TPSA) is 77.8 Å². The van der Waals surface area contributed by atoms with Crippen LogP contribution in [0.1, 0.15) is 22.3 Å². The lowest BCUT2D eigenvalue weighted by atomic mass is 10.0. The SMILES string of the molecule is O=C(O)CN1CCCc2ccc(O)cc2C1=O. The third-order valence-corrected chi connectivity index (χ3v) is 2.81. The number of phenolic OH excluding ortho intramolecular Hbond substituents is 1. The second kappa shape index (κ2) is 4.45. The van der Waals surface area contributed by atoms with Crippen molar-refractivity contribution in [3.63, 3.8) is 0 Å². The van der Waals surface area contributed by atoms with Crippen molar-refractivity contribution in [1.82, 2.24) is 4.90 Å². The molecule has 1 aromatic carbocycles. The number of carboxylic acid groups (broad SMARTS) is 1. The Bertz CT molecular complexity index is 470. The summed E-state index contributed by atoms with van der Waals surface area (Å²) in [6.45, 7) is 0.133. The van der Waals surface area contributed by atoms with Crippen LogP contribution in [0.15, 0.2) is 18.2 Å². The number of rotatable bonds is 2. The Morgan fingerprint density at radius 2 is 2.18 bits per heavy atom. The minimum Gasteiger partial charge on any atom is -0.508 e. The maximum atomic E-state index is 12.1. The van der Waals surface area contributed by atoms with Gasteiger partial charge in [-0.3, -0.25) is 9.59 Å². The average molecular weight is 235 g/mol. The highest BCUT2D eigenvalue weighted by Gasteiger charge is 2.24. The average Bonchev–Trinajstić information content (AvgIpc) is 2.40. The quantitative estimate of drug-likeness (QED) is 0.797. The van der Waals surface area contributed by atoms with Crippen LogP contribution in [0, 0.1) is 0 Å². The molecule has 5 nitrogen and oxygen atoms in total. The summed E-state index contributed by atoms with van der Waals surface area (Å²) < 4.78 is 0. The molecule has 0 atom stereocenters. The Kier molecular flexibility index (Phi) is 2.99. The Labute approximate surface area is 98.3 Å². The number of aryl methyl sites for hydroxylation is 1. The minimum absolute atomic E-state index is 0.0225. The molecular formula is C12H13NO4. The van der Waals surface area contributed by atoms with Crippen LogP contribution in [-0.2, 0) is 11.2 Å². The smallest absolute Gasteiger partial charge is 0.323 e. The Morgan fingerprint density at radius 1 is 1.41 bits per heavy atom. The first-order valence-electron chi connectivity index (χ1n) is 5.41. The summed E-state index contributed by atoms with van der Waals surface area (Å²) >= 11 is 0. The molecule has 0 radical (unpaired) electrons. The van der Waals surface area contributed by atoms with Gasteiger partial charge in [-0.25, -0.2) is 0 Å². The fourth-order valence-electron chi connectivity index (χ4n) is 2.03. The molecule has 2 rings (SSSR count). The predicted molar refractivity (Wildman–Crippen MR) is 60.0 cm³/mol. The number of carboxylic acids is 1. The number of nitrogens with zero attached hydrogens (tertiary/aromatic N) is 1. The van der Waals surface area contributed by atoms with E-state index in [1.165, 1.54) is 11.0 Å². The lowest BCUT2D eigenvalue weighted by Gasteiger charge is -2.18. The third-order valence-electron chi connectivity index (χ3n) is 2.81. The lowest BCUT2D eigenvalue weighted by molar-refractivity contribution is -0.137. The Balaban J connectivity index is 2.34. The second-order valence-corrected chi connectivity index (χ2v) is 4.07. The van der Waals surface area contributed by atoms with Gasteiger partial charge in [-0.1, -0.05) is 6.07 Å². The highest BCUT2D eigenvalue weighted by molar-refractivity contribution is 5.97. The molecule has 1 amide bonds. The molecule has 17 heavy (non-hydrogen) atoms. The van der Waals surface area contributed by atoms with E-state index in [9.17, 15) is 14.7 Å². The number of carbonyl (C=O) groups excluding carboxylic acids is 1. The maximum Gasteiger partial charge on any atom is 0.323 e. The van der Waals surface area contributed by atoms with E-state index in [0.717, 1.165) is 18.4 Å². The molecule has 0 unspecified atom stereocenters. The van der Waals surface area contributed by atoms with Gasteiger partial charge in [-0.05, 0) is 30.5 Å². The van der Waals surface area contributed by atoms with Crippen LogP contribution in [0.2, 0.25) is 0 Å². The second-order valence-electron chi connectivity index (χ2n) is 4.07. The molecular weight excluding hydrogens is 222 g/mol. The molecule has 0 spiro atoms. The Morgan fingerprint density at radius 3 is 2.88 bits per heavy atom. The summed E-state index contributed by atoms with van der Waals surface area (Å²) in [5.74, 6) is -1.33. The van der Waals surface area contributed by atoms with Crippen molar-refractivity contribution in [3.05, 3.63) is 29.3 Å². The first kappa shape index (κ1) is 11.4. The lowest BCUT2D eigenvalue weighted by Crippen LogP contribution is -2.35. The van der Waals surface area contributed by atoms with Crippen molar-refractivity contribution in [2.75, 3.05) is 13.1 Å². The molecule has 0 saturated carbocycles. The molecule has 0 fully saturated rings. The zero-order chi connectivity index (χ0) is 12.4. The Hall–Kier alpha value is -2.04. The number of benzene rings is 1. The summed E-state index contributed by atoms with van der Waals surface area (Å²) in [7, 11) is 0. The number of carbonyl (C=O) groups is 2. The minimum atomic E-state index is -1.03. The van der Waals surface area contributed by atoms with Gasteiger partial charge in [-0.2, -0.15) is 0 Å². The summed E-state index contributed by atoms with van der Waals surface area (Å²) in [5.41, 5.74) is 1.27. The monoisotopic (exact) mass is 235 g/mol. The van der Waals surface area contributed by atoms with Gasteiger partial charge in [0.15, 0.2) is 0 Å². The first-order valence-corrected chi connectivity index (χ1v) is 5.41. The normalized spacial score (nSPS) is 15.3. The van der Waals surface area contributed by atoms with Crippen LogP contribution in [0.4, 0.5) is 0 Å². The first-order chi connectivity index (χ1) is 8.08. The standard InChI is InChI=1S/C12H13NO4/c14-9-4-3-8-2-1-5-13(7-11(15)16)12(17)10(8)6-9/h3-4,6,14H,1-2,5,7H2,(H,15,16). The van der Waals surface area contributed by atoms with E-state index in [1.807, 2.05) is 0 Å². The van der Waals surface area contributed by atoms with E-state index in [1.54, 1.807) is 12.1 Å². The van der Waals surface area contributed by atoms with E-state index in [4.69, 9.17) is 5.11 Å². The zero-order valence-electron chi connectivity index (χ0n) is 9.22. The van der Waals surface area contributed by atoms with Crippen molar-refractivity contribution >= 4 is 11.9 Å². The van der Waals surface area contributed by atoms with Crippen LogP contribution in [0.3, 0.4) is 0 Å². The number of hydrogen-bond donors (Lipinski definition) is 2. The van der Waals surface area contributed by atoms with Gasteiger partial charge in [0.05, 0.1) is 0 Å². The largest absolute Gasteiger partial charge is 0.508 e. The summed E-state index contributed by atoms with van der Waals surface area (Å²) in [6, 6.07) is 4.66. The van der Waals surface area contributed by atoms with Gasteiger partial charge < -0.3 is 15.1 Å². The number of hydrogen-bond acceptors (Lipinski definition) is 3. The molecule has 0 aliphatic carbocycles. The molecule has 1 aliphatic heterocycles. The fourth-order valence-corrected chi connectivity index (χ4v) is 2.03. The molecule has 1 aromatic rings. The van der Waals surface area contributed by atoms with Crippen LogP contribution in [0.5, 0.6) is 5.75 Å². The van der Waals surface area contributed by atoms with Gasteiger partial charge in [0.2, 0.25) is 0 Å². The molecule has 5 heteroatoms. The van der Waals surface area contributed by atoms with Crippen LogP contribution >= 0.6 is 0 Å². The molecule has 0 saturated heterocycles. The summed E-state index contributed by atoms with van der Waals surface area (Å²) in [5, 5.41) is 18.1. The van der Waals surface area contributed by atoms with Crippen LogP contribution < -0.4 is 0 Å². The van der Waals surface area contributed by atoms with E-state index < -0.39 is 5.97 Å². The van der Waals surface area contributed by atoms with Gasteiger partial charge in [0, 0.05) is 12.1 Å². The number of phenols is 1. The number of aliphatic carboxylic acids is 1. The maximum absolute atomic E-state index is 12.1. The molecule has 0 bridgehead atoms. The van der Waals surface area contributed by atoms with Gasteiger partial charge in [0.1, 0.15) is 12.3 Å². The summed E-state index contributed by atoms with van der Waals surface area (Å²) in [6.07, 6.45) is 1.45. The highest BCUT2D eigenvalue weighted by atomic mass is 16.4. The molecule has 1 aliphatic rings. The molecule has 90 valence electrons. The highest BCUT2D eigenvalue weighted by Crippen LogP contribution is 2.22. The van der Waals surface area contributed by atoms with Crippen LogP contribution in [-0.4, -0.2) is 40.1 Å². The van der Waals surface area contributed by atoms with Crippen LogP contribution in [0.25, 0.3) is 0 Å². The number of amides is 1. The van der Waals surface area contributed by atoms with E-state index in [2.05, 4.69) is 0 Å². The van der Waals surface area contributed by atoms with Gasteiger partial charge in [-0.15, -0.1) is 0 Å². The number of aromatic hydroxyl groups is 1. The molecule has 2 N–H and O–H groups in total. The van der Waals surface area contributed by atoms with Crippen molar-refractivity contribution in [2.24, 2.45) is 0 Å². The third kappa shape index (κ3) is 2.38. The van der Waals surface area contributed by atoms with E-state index in [-0.39, 0.29) is 18.2 Å². The number of fused-ring (bicyclic) bond motifs is 1.